The molecule has 0 saturated carbocycles. The SMILES string of the molecule is CC(=O)NCCC(c1ccc(N)cc1)c1ccc(N)cc1. The zero-order valence-electron chi connectivity index (χ0n) is 12.2. The van der Waals surface area contributed by atoms with E-state index in [1.807, 2.05) is 48.5 Å². The van der Waals surface area contributed by atoms with Crippen molar-refractivity contribution in [3.8, 4) is 0 Å². The largest absolute Gasteiger partial charge is 0.399 e. The summed E-state index contributed by atoms with van der Waals surface area (Å²) in [7, 11) is 0. The standard InChI is InChI=1S/C17H21N3O/c1-12(21)20-11-10-17(13-2-6-15(18)7-3-13)14-4-8-16(19)9-5-14/h2-9,17H,10-11,18-19H2,1H3,(H,20,21). The Morgan fingerprint density at radius 2 is 1.38 bits per heavy atom. The number of hydrogen-bond acceptors (Lipinski definition) is 3. The highest BCUT2D eigenvalue weighted by atomic mass is 16.1. The Morgan fingerprint density at radius 3 is 1.76 bits per heavy atom. The Morgan fingerprint density at radius 1 is 0.952 bits per heavy atom. The lowest BCUT2D eigenvalue weighted by molar-refractivity contribution is -0.118. The van der Waals surface area contributed by atoms with Crippen LogP contribution in [0.15, 0.2) is 48.5 Å². The maximum absolute atomic E-state index is 11.0. The summed E-state index contributed by atoms with van der Waals surface area (Å²) in [5, 5.41) is 2.85. The third-order valence-electron chi connectivity index (χ3n) is 3.48. The molecule has 0 unspecified atom stereocenters. The van der Waals surface area contributed by atoms with Gasteiger partial charge in [0.25, 0.3) is 0 Å². The van der Waals surface area contributed by atoms with Gasteiger partial charge in [-0.25, -0.2) is 0 Å². The average Bonchev–Trinajstić information content (AvgIpc) is 2.46. The molecule has 0 saturated heterocycles. The van der Waals surface area contributed by atoms with Crippen LogP contribution in [-0.4, -0.2) is 12.5 Å². The molecule has 0 aliphatic rings. The molecule has 2 aromatic rings. The number of benzene rings is 2. The minimum atomic E-state index is -0.0108. The monoisotopic (exact) mass is 283 g/mol. The van der Waals surface area contributed by atoms with Crippen molar-refractivity contribution in [3.05, 3.63) is 59.7 Å². The molecule has 0 atom stereocenters. The molecular weight excluding hydrogens is 262 g/mol. The lowest BCUT2D eigenvalue weighted by Gasteiger charge is -2.18. The van der Waals surface area contributed by atoms with Crippen molar-refractivity contribution in [1.29, 1.82) is 0 Å². The van der Waals surface area contributed by atoms with Gasteiger partial charge in [0.15, 0.2) is 0 Å². The number of amides is 1. The van der Waals surface area contributed by atoms with Crippen molar-refractivity contribution in [2.45, 2.75) is 19.3 Å². The van der Waals surface area contributed by atoms with E-state index < -0.39 is 0 Å². The zero-order valence-corrected chi connectivity index (χ0v) is 12.2. The van der Waals surface area contributed by atoms with Crippen molar-refractivity contribution >= 4 is 17.3 Å². The Kier molecular flexibility index (Phi) is 4.82. The molecule has 2 aromatic carbocycles. The molecule has 0 aliphatic carbocycles. The molecule has 4 nitrogen and oxygen atoms in total. The highest BCUT2D eigenvalue weighted by Gasteiger charge is 2.14. The van der Waals surface area contributed by atoms with Crippen LogP contribution < -0.4 is 16.8 Å². The van der Waals surface area contributed by atoms with Crippen molar-refractivity contribution < 1.29 is 4.79 Å². The van der Waals surface area contributed by atoms with E-state index >= 15 is 0 Å². The predicted octanol–water partition coefficient (Wildman–Crippen LogP) is 2.51. The van der Waals surface area contributed by atoms with Gasteiger partial charge in [-0.05, 0) is 41.8 Å². The first-order valence-corrected chi connectivity index (χ1v) is 7.01. The molecule has 0 aromatic heterocycles. The zero-order chi connectivity index (χ0) is 15.2. The maximum atomic E-state index is 11.0. The molecule has 2 rings (SSSR count). The van der Waals surface area contributed by atoms with Crippen LogP contribution in [0.3, 0.4) is 0 Å². The first-order valence-electron chi connectivity index (χ1n) is 7.01. The topological polar surface area (TPSA) is 81.1 Å². The number of rotatable bonds is 5. The van der Waals surface area contributed by atoms with Gasteiger partial charge in [0.1, 0.15) is 0 Å². The molecule has 110 valence electrons. The van der Waals surface area contributed by atoms with Crippen molar-refractivity contribution in [2.24, 2.45) is 0 Å². The number of carbonyl (C=O) groups is 1. The van der Waals surface area contributed by atoms with Crippen LogP contribution >= 0.6 is 0 Å². The van der Waals surface area contributed by atoms with Gasteiger partial charge < -0.3 is 16.8 Å². The number of carbonyl (C=O) groups excluding carboxylic acids is 1. The van der Waals surface area contributed by atoms with Crippen molar-refractivity contribution in [3.63, 3.8) is 0 Å². The van der Waals surface area contributed by atoms with E-state index in [4.69, 9.17) is 11.5 Å². The van der Waals surface area contributed by atoms with E-state index in [2.05, 4.69) is 5.32 Å². The van der Waals surface area contributed by atoms with Gasteiger partial charge >= 0.3 is 0 Å². The second-order valence-electron chi connectivity index (χ2n) is 5.16. The molecule has 0 spiro atoms. The van der Waals surface area contributed by atoms with Crippen LogP contribution in [0.1, 0.15) is 30.4 Å². The second kappa shape index (κ2) is 6.79. The van der Waals surface area contributed by atoms with E-state index in [1.54, 1.807) is 0 Å². The van der Waals surface area contributed by atoms with E-state index in [0.29, 0.717) is 6.54 Å². The van der Waals surface area contributed by atoms with Crippen LogP contribution in [0.4, 0.5) is 11.4 Å². The van der Waals surface area contributed by atoms with Gasteiger partial charge in [-0.15, -0.1) is 0 Å². The first kappa shape index (κ1) is 14.9. The molecule has 0 heterocycles. The fraction of sp³-hybridized carbons (Fsp3) is 0.235. The summed E-state index contributed by atoms with van der Waals surface area (Å²) in [5.41, 5.74) is 15.4. The summed E-state index contributed by atoms with van der Waals surface area (Å²) in [6.07, 6.45) is 0.827. The molecule has 21 heavy (non-hydrogen) atoms. The number of nitrogen functional groups attached to an aromatic ring is 2. The van der Waals surface area contributed by atoms with Crippen molar-refractivity contribution in [2.75, 3.05) is 18.0 Å². The molecule has 0 fully saturated rings. The van der Waals surface area contributed by atoms with E-state index in [9.17, 15) is 4.79 Å². The van der Waals surface area contributed by atoms with E-state index in [1.165, 1.54) is 18.1 Å². The predicted molar refractivity (Wildman–Crippen MR) is 86.9 cm³/mol. The summed E-state index contributed by atoms with van der Waals surface area (Å²) in [6, 6.07) is 15.7. The molecule has 5 N–H and O–H groups in total. The Bertz CT molecular complexity index is 545. The Balaban J connectivity index is 2.22. The first-order chi connectivity index (χ1) is 10.1. The average molecular weight is 283 g/mol. The van der Waals surface area contributed by atoms with Crippen LogP contribution in [-0.2, 0) is 4.79 Å². The summed E-state index contributed by atoms with van der Waals surface area (Å²) in [4.78, 5) is 11.0. The number of hydrogen-bond donors (Lipinski definition) is 3. The fourth-order valence-corrected chi connectivity index (χ4v) is 2.37. The van der Waals surface area contributed by atoms with Gasteiger partial charge in [-0.1, -0.05) is 24.3 Å². The molecule has 0 radical (unpaired) electrons. The number of anilines is 2. The third-order valence-corrected chi connectivity index (χ3v) is 3.48. The third kappa shape index (κ3) is 4.24. The highest BCUT2D eigenvalue weighted by Crippen LogP contribution is 2.28. The molecule has 0 bridgehead atoms. The highest BCUT2D eigenvalue weighted by molar-refractivity contribution is 5.72. The summed E-state index contributed by atoms with van der Waals surface area (Å²) in [6.45, 7) is 2.16. The lowest BCUT2D eigenvalue weighted by atomic mass is 9.88. The van der Waals surface area contributed by atoms with Crippen molar-refractivity contribution in [1.82, 2.24) is 5.32 Å². The minimum absolute atomic E-state index is 0.0108. The minimum Gasteiger partial charge on any atom is -0.399 e. The summed E-state index contributed by atoms with van der Waals surface area (Å²) < 4.78 is 0. The van der Waals surface area contributed by atoms with Crippen LogP contribution in [0.2, 0.25) is 0 Å². The van der Waals surface area contributed by atoms with Crippen LogP contribution in [0, 0.1) is 0 Å². The lowest BCUT2D eigenvalue weighted by Crippen LogP contribution is -2.22. The van der Waals surface area contributed by atoms with E-state index in [0.717, 1.165) is 17.8 Å². The van der Waals surface area contributed by atoms with E-state index in [-0.39, 0.29) is 11.8 Å². The van der Waals surface area contributed by atoms with Gasteiger partial charge in [0, 0.05) is 30.8 Å². The molecule has 0 aliphatic heterocycles. The molecular formula is C17H21N3O. The van der Waals surface area contributed by atoms with Gasteiger partial charge in [0.05, 0.1) is 0 Å². The Labute approximate surface area is 125 Å². The molecule has 4 heteroatoms. The quantitative estimate of drug-likeness (QED) is 0.737. The fourth-order valence-electron chi connectivity index (χ4n) is 2.37. The number of nitrogens with one attached hydrogen (secondary N) is 1. The van der Waals surface area contributed by atoms with Gasteiger partial charge in [-0.3, -0.25) is 4.79 Å². The maximum Gasteiger partial charge on any atom is 0.216 e. The van der Waals surface area contributed by atoms with Crippen LogP contribution in [0.25, 0.3) is 0 Å². The smallest absolute Gasteiger partial charge is 0.216 e. The van der Waals surface area contributed by atoms with Crippen LogP contribution in [0.5, 0.6) is 0 Å². The normalized spacial score (nSPS) is 10.6. The summed E-state index contributed by atoms with van der Waals surface area (Å²) in [5.74, 6) is 0.196. The second-order valence-corrected chi connectivity index (χ2v) is 5.16. The number of nitrogens with two attached hydrogens (primary N) is 2. The Hall–Kier alpha value is -2.49. The molecule has 1 amide bonds. The van der Waals surface area contributed by atoms with Gasteiger partial charge in [-0.2, -0.15) is 0 Å². The summed E-state index contributed by atoms with van der Waals surface area (Å²) >= 11 is 0. The van der Waals surface area contributed by atoms with Gasteiger partial charge in [0.2, 0.25) is 5.91 Å².